The first kappa shape index (κ1) is 16.6. The molecule has 1 saturated carbocycles. The number of hydrogen-bond donors (Lipinski definition) is 2. The van der Waals surface area contributed by atoms with E-state index in [1.54, 1.807) is 6.92 Å². The Morgan fingerprint density at radius 3 is 2.67 bits per heavy atom. The highest BCUT2D eigenvalue weighted by Crippen LogP contribution is 2.43. The predicted octanol–water partition coefficient (Wildman–Crippen LogP) is 0.594. The van der Waals surface area contributed by atoms with Crippen LogP contribution in [0.1, 0.15) is 36.3 Å². The Morgan fingerprint density at radius 1 is 1.26 bits per heavy atom. The van der Waals surface area contributed by atoms with E-state index < -0.39 is 17.1 Å². The molecule has 2 aliphatic carbocycles. The van der Waals surface area contributed by atoms with Crippen molar-refractivity contribution in [2.75, 3.05) is 23.8 Å². The molecule has 1 saturated heterocycles. The van der Waals surface area contributed by atoms with Crippen LogP contribution in [-0.4, -0.2) is 28.2 Å². The van der Waals surface area contributed by atoms with Crippen molar-refractivity contribution in [3.05, 3.63) is 55.6 Å². The molecule has 8 heteroatoms. The molecule has 142 valence electrons. The summed E-state index contributed by atoms with van der Waals surface area (Å²) >= 11 is 0. The van der Waals surface area contributed by atoms with Crippen LogP contribution in [0.3, 0.4) is 0 Å². The number of nitrogens with two attached hydrogens (primary N) is 2. The van der Waals surface area contributed by atoms with Crippen molar-refractivity contribution >= 4 is 11.2 Å². The summed E-state index contributed by atoms with van der Waals surface area (Å²) in [5, 5.41) is 0. The van der Waals surface area contributed by atoms with E-state index in [-0.39, 0.29) is 17.9 Å². The molecule has 2 atom stereocenters. The molecular formula is C19H22FN5O2. The van der Waals surface area contributed by atoms with Crippen molar-refractivity contribution in [1.82, 2.24) is 9.08 Å². The molecule has 0 radical (unpaired) electrons. The number of rotatable bonds is 2. The molecule has 0 spiro atoms. The van der Waals surface area contributed by atoms with E-state index in [1.807, 2.05) is 4.90 Å². The Balaban J connectivity index is 1.76. The third-order valence-electron chi connectivity index (χ3n) is 6.27. The van der Waals surface area contributed by atoms with Crippen LogP contribution in [-0.2, 0) is 0 Å². The molecule has 4 N–H and O–H groups in total. The molecule has 7 nitrogen and oxygen atoms in total. The minimum absolute atomic E-state index is 0.0721. The number of fused-ring (bicyclic) bond motifs is 2. The highest BCUT2D eigenvalue weighted by atomic mass is 19.1. The third-order valence-corrected chi connectivity index (χ3v) is 6.27. The predicted molar refractivity (Wildman–Crippen MR) is 101 cm³/mol. The average Bonchev–Trinajstić information content (AvgIpc) is 3.29. The Hall–Kier alpha value is -2.61. The molecule has 1 aliphatic heterocycles. The average molecular weight is 371 g/mol. The number of pyridine rings is 1. The van der Waals surface area contributed by atoms with Gasteiger partial charge in [0.05, 0.1) is 17.4 Å². The van der Waals surface area contributed by atoms with Crippen LogP contribution in [0.5, 0.6) is 0 Å². The maximum Gasteiger partial charge on any atom is 0.354 e. The summed E-state index contributed by atoms with van der Waals surface area (Å²) in [5.74, 6) is 5.50. The Bertz CT molecular complexity index is 1130. The van der Waals surface area contributed by atoms with Crippen molar-refractivity contribution in [2.45, 2.75) is 38.1 Å². The number of anilines is 1. The number of hydrogen-bond acceptors (Lipinski definition) is 5. The molecule has 2 aromatic rings. The van der Waals surface area contributed by atoms with Crippen LogP contribution in [0.4, 0.5) is 10.1 Å². The summed E-state index contributed by atoms with van der Waals surface area (Å²) in [5.41, 5.74) is 8.31. The quantitative estimate of drug-likeness (QED) is 0.595. The lowest BCUT2D eigenvalue weighted by Gasteiger charge is -2.24. The van der Waals surface area contributed by atoms with Gasteiger partial charge in [0.2, 0.25) is 0 Å². The second-order valence-electron chi connectivity index (χ2n) is 7.98. The molecule has 2 unspecified atom stereocenters. The minimum Gasteiger partial charge on any atom is -0.364 e. The molecule has 2 fully saturated rings. The zero-order valence-corrected chi connectivity index (χ0v) is 15.1. The highest BCUT2D eigenvalue weighted by Gasteiger charge is 2.38. The summed E-state index contributed by atoms with van der Waals surface area (Å²) in [6, 6.07) is 0.0721. The second kappa shape index (κ2) is 5.45. The topological polar surface area (TPSA) is 98.8 Å². The summed E-state index contributed by atoms with van der Waals surface area (Å²) in [6.07, 6.45) is 5.93. The summed E-state index contributed by atoms with van der Waals surface area (Å²) in [4.78, 5) is 27.1. The fourth-order valence-corrected chi connectivity index (χ4v) is 4.76. The van der Waals surface area contributed by atoms with Gasteiger partial charge in [-0.15, -0.1) is 0 Å². The first-order chi connectivity index (χ1) is 12.9. The zero-order valence-electron chi connectivity index (χ0n) is 15.1. The normalized spacial score (nSPS) is 24.6. The smallest absolute Gasteiger partial charge is 0.354 e. The van der Waals surface area contributed by atoms with E-state index >= 15 is 4.39 Å². The van der Waals surface area contributed by atoms with Crippen molar-refractivity contribution in [3.8, 4) is 0 Å². The number of aromatic nitrogens is 2. The van der Waals surface area contributed by atoms with E-state index in [4.69, 9.17) is 11.6 Å². The lowest BCUT2D eigenvalue weighted by atomic mass is 10.0. The van der Waals surface area contributed by atoms with Gasteiger partial charge < -0.3 is 16.5 Å². The number of nitrogens with zero attached hydrogens (tertiary/aromatic N) is 3. The third kappa shape index (κ3) is 2.22. The molecule has 3 aliphatic rings. The molecule has 3 heterocycles. The zero-order chi connectivity index (χ0) is 19.0. The largest absolute Gasteiger partial charge is 0.364 e. The molecule has 0 amide bonds. The first-order valence-corrected chi connectivity index (χ1v) is 9.33. The van der Waals surface area contributed by atoms with E-state index in [0.717, 1.165) is 25.5 Å². The second-order valence-corrected chi connectivity index (χ2v) is 7.98. The maximum atomic E-state index is 15.1. The SMILES string of the molecule is Cc1c(N2CC3=CCC(N)C3C2)c(F)cn2c(=O)n(N)c(=O)c(C3CC3)c12. The molecule has 2 aromatic heterocycles. The van der Waals surface area contributed by atoms with Crippen LogP contribution < -0.4 is 27.7 Å². The fourth-order valence-electron chi connectivity index (χ4n) is 4.76. The lowest BCUT2D eigenvalue weighted by molar-refractivity contribution is 0.547. The first-order valence-electron chi connectivity index (χ1n) is 9.33. The molecule has 5 rings (SSSR count). The van der Waals surface area contributed by atoms with E-state index in [1.165, 1.54) is 9.97 Å². The van der Waals surface area contributed by atoms with Gasteiger partial charge in [0.15, 0.2) is 5.82 Å². The van der Waals surface area contributed by atoms with Gasteiger partial charge in [-0.05, 0) is 37.7 Å². The number of halogens is 1. The highest BCUT2D eigenvalue weighted by molar-refractivity contribution is 5.73. The molecular weight excluding hydrogens is 349 g/mol. The minimum atomic E-state index is -0.726. The Kier molecular flexibility index (Phi) is 3.34. The van der Waals surface area contributed by atoms with Gasteiger partial charge in [0, 0.05) is 36.2 Å². The van der Waals surface area contributed by atoms with Crippen LogP contribution in [0, 0.1) is 18.7 Å². The van der Waals surface area contributed by atoms with Crippen LogP contribution in [0.2, 0.25) is 0 Å². The van der Waals surface area contributed by atoms with Gasteiger partial charge in [-0.2, -0.15) is 4.68 Å². The lowest BCUT2D eigenvalue weighted by Crippen LogP contribution is -2.44. The fraction of sp³-hybridized carbons (Fsp3) is 0.474. The van der Waals surface area contributed by atoms with Gasteiger partial charge in [0.25, 0.3) is 5.56 Å². The standard InChI is InChI=1S/C19H22FN5O2/c1-9-16(23-6-11-4-5-14(21)12(11)7-23)13(20)8-24-17(9)15(10-2-3-10)18(26)25(22)19(24)27/h4,8,10,12,14H,2-3,5-7,21-22H2,1H3. The summed E-state index contributed by atoms with van der Waals surface area (Å²) in [7, 11) is 0. The molecule has 0 aromatic carbocycles. The van der Waals surface area contributed by atoms with Crippen LogP contribution >= 0.6 is 0 Å². The van der Waals surface area contributed by atoms with Crippen LogP contribution in [0.25, 0.3) is 5.52 Å². The Morgan fingerprint density at radius 2 is 2.00 bits per heavy atom. The summed E-state index contributed by atoms with van der Waals surface area (Å²) in [6.45, 7) is 3.06. The van der Waals surface area contributed by atoms with Gasteiger partial charge >= 0.3 is 5.69 Å². The molecule has 0 bridgehead atoms. The van der Waals surface area contributed by atoms with Gasteiger partial charge in [-0.1, -0.05) is 6.08 Å². The van der Waals surface area contributed by atoms with Crippen molar-refractivity contribution in [1.29, 1.82) is 0 Å². The molecule has 27 heavy (non-hydrogen) atoms. The van der Waals surface area contributed by atoms with Crippen molar-refractivity contribution in [2.24, 2.45) is 11.7 Å². The van der Waals surface area contributed by atoms with Crippen molar-refractivity contribution < 1.29 is 4.39 Å². The van der Waals surface area contributed by atoms with Crippen molar-refractivity contribution in [3.63, 3.8) is 0 Å². The van der Waals surface area contributed by atoms with E-state index in [9.17, 15) is 9.59 Å². The monoisotopic (exact) mass is 371 g/mol. The van der Waals surface area contributed by atoms with Crippen LogP contribution in [0.15, 0.2) is 27.4 Å². The summed E-state index contributed by atoms with van der Waals surface area (Å²) < 4.78 is 16.9. The van der Waals surface area contributed by atoms with Gasteiger partial charge in [-0.25, -0.2) is 9.18 Å². The number of aryl methyl sites for hydroxylation is 1. The Labute approximate surface area is 154 Å². The van der Waals surface area contributed by atoms with E-state index in [2.05, 4.69) is 6.08 Å². The van der Waals surface area contributed by atoms with E-state index in [0.29, 0.717) is 40.1 Å². The maximum absolute atomic E-state index is 15.1. The number of nitrogen functional groups attached to an aromatic ring is 1. The van der Waals surface area contributed by atoms with Gasteiger partial charge in [0.1, 0.15) is 0 Å². The van der Waals surface area contributed by atoms with Gasteiger partial charge in [-0.3, -0.25) is 9.20 Å².